The van der Waals surface area contributed by atoms with Gasteiger partial charge in [-0.3, -0.25) is 9.59 Å². The smallest absolute Gasteiger partial charge is 0.226 e. The van der Waals surface area contributed by atoms with Crippen molar-refractivity contribution in [3.05, 3.63) is 47.0 Å². The molecule has 0 radical (unpaired) electrons. The highest BCUT2D eigenvalue weighted by Crippen LogP contribution is 2.17. The summed E-state index contributed by atoms with van der Waals surface area (Å²) in [4.78, 5) is 28.6. The van der Waals surface area contributed by atoms with Crippen LogP contribution in [-0.2, 0) is 22.4 Å². The molecule has 0 bridgehead atoms. The van der Waals surface area contributed by atoms with Gasteiger partial charge in [-0.2, -0.15) is 0 Å². The van der Waals surface area contributed by atoms with Crippen molar-refractivity contribution in [1.82, 2.24) is 15.6 Å². The molecule has 0 unspecified atom stereocenters. The Balaban J connectivity index is 1.28. The van der Waals surface area contributed by atoms with Gasteiger partial charge >= 0.3 is 0 Å². The van der Waals surface area contributed by atoms with E-state index in [4.69, 9.17) is 0 Å². The van der Waals surface area contributed by atoms with E-state index in [0.717, 1.165) is 18.5 Å². The molecule has 0 aliphatic heterocycles. The second-order valence-corrected chi connectivity index (χ2v) is 8.71. The van der Waals surface area contributed by atoms with E-state index in [1.54, 1.807) is 0 Å². The second-order valence-electron chi connectivity index (χ2n) is 7.85. The molecular weight excluding hydrogens is 396 g/mol. The lowest BCUT2D eigenvalue weighted by Crippen LogP contribution is -2.34. The van der Waals surface area contributed by atoms with Gasteiger partial charge in [0.2, 0.25) is 11.8 Å². The first-order valence-electron chi connectivity index (χ1n) is 11.0. The molecule has 1 heterocycles. The second kappa shape index (κ2) is 12.4. The van der Waals surface area contributed by atoms with Crippen LogP contribution < -0.4 is 16.0 Å². The normalized spacial score (nSPS) is 14.4. The van der Waals surface area contributed by atoms with Crippen molar-refractivity contribution in [3.63, 3.8) is 0 Å². The molecule has 1 saturated carbocycles. The number of aromatic nitrogens is 1. The van der Waals surface area contributed by atoms with Crippen LogP contribution >= 0.6 is 11.3 Å². The summed E-state index contributed by atoms with van der Waals surface area (Å²) in [6.45, 7) is 1.62. The number of carbonyl (C=O) groups excluding carboxylic acids is 2. The molecule has 1 aliphatic carbocycles. The van der Waals surface area contributed by atoms with Gasteiger partial charge in [-0.25, -0.2) is 4.98 Å². The van der Waals surface area contributed by atoms with E-state index >= 15 is 0 Å². The number of hydrogen-bond donors (Lipinski definition) is 3. The van der Waals surface area contributed by atoms with Crippen molar-refractivity contribution in [2.45, 2.75) is 63.8 Å². The van der Waals surface area contributed by atoms with Crippen molar-refractivity contribution in [2.75, 3.05) is 18.4 Å². The number of aryl methyl sites for hydroxylation is 1. The van der Waals surface area contributed by atoms with E-state index in [0.29, 0.717) is 36.3 Å². The highest BCUT2D eigenvalue weighted by Gasteiger charge is 2.12. The summed E-state index contributed by atoms with van der Waals surface area (Å²) < 4.78 is 0. The van der Waals surface area contributed by atoms with Crippen LogP contribution in [0.5, 0.6) is 0 Å². The van der Waals surface area contributed by atoms with E-state index in [1.807, 2.05) is 35.7 Å². The minimum atomic E-state index is -0.0605. The molecule has 3 N–H and O–H groups in total. The number of nitrogens with zero attached hydrogens (tertiary/aromatic N) is 1. The third-order valence-corrected chi connectivity index (χ3v) is 6.14. The Hall–Kier alpha value is -2.25. The van der Waals surface area contributed by atoms with E-state index in [-0.39, 0.29) is 18.2 Å². The predicted octanol–water partition coefficient (Wildman–Crippen LogP) is 3.69. The van der Waals surface area contributed by atoms with Gasteiger partial charge in [0.15, 0.2) is 5.13 Å². The summed E-state index contributed by atoms with van der Waals surface area (Å²) in [7, 11) is 0. The number of nitrogens with one attached hydrogen (secondary N) is 3. The zero-order chi connectivity index (χ0) is 21.0. The maximum atomic E-state index is 12.1. The van der Waals surface area contributed by atoms with Gasteiger partial charge in [-0.1, -0.05) is 49.6 Å². The topological polar surface area (TPSA) is 83.1 Å². The average molecular weight is 429 g/mol. The van der Waals surface area contributed by atoms with Crippen molar-refractivity contribution in [2.24, 2.45) is 0 Å². The van der Waals surface area contributed by atoms with Gasteiger partial charge in [-0.05, 0) is 37.8 Å². The Labute approximate surface area is 182 Å². The van der Waals surface area contributed by atoms with Crippen LogP contribution in [0.25, 0.3) is 0 Å². The molecular formula is C23H32N4O2S. The van der Waals surface area contributed by atoms with Crippen LogP contribution in [0.15, 0.2) is 35.7 Å². The summed E-state index contributed by atoms with van der Waals surface area (Å²) in [6.07, 6.45) is 8.87. The molecule has 2 amide bonds. The fraction of sp³-hybridized carbons (Fsp3) is 0.522. The van der Waals surface area contributed by atoms with Crippen LogP contribution in [0.2, 0.25) is 0 Å². The van der Waals surface area contributed by atoms with Gasteiger partial charge in [0, 0.05) is 24.4 Å². The SMILES string of the molecule is O=C(Cc1csc(NC(=O)CCc2ccccc2)n1)NCCCNC1CCCCC1. The van der Waals surface area contributed by atoms with Gasteiger partial charge < -0.3 is 16.0 Å². The Bertz CT molecular complexity index is 788. The molecule has 6 nitrogen and oxygen atoms in total. The number of benzene rings is 1. The maximum Gasteiger partial charge on any atom is 0.226 e. The molecule has 1 aromatic heterocycles. The van der Waals surface area contributed by atoms with Crippen molar-refractivity contribution in [3.8, 4) is 0 Å². The van der Waals surface area contributed by atoms with E-state index in [2.05, 4.69) is 20.9 Å². The molecule has 162 valence electrons. The Morgan fingerprint density at radius 2 is 1.83 bits per heavy atom. The molecule has 0 saturated heterocycles. The number of hydrogen-bond acceptors (Lipinski definition) is 5. The molecule has 2 aromatic rings. The standard InChI is InChI=1S/C23H32N4O2S/c28-21(13-12-18-8-3-1-4-9-18)27-23-26-20(17-30-23)16-22(29)25-15-7-14-24-19-10-5-2-6-11-19/h1,3-4,8-9,17,19,24H,2,5-7,10-16H2,(H,25,29)(H,26,27,28). The third-order valence-electron chi connectivity index (χ3n) is 5.34. The maximum absolute atomic E-state index is 12.1. The fourth-order valence-corrected chi connectivity index (χ4v) is 4.41. The number of amides is 2. The van der Waals surface area contributed by atoms with Gasteiger partial charge in [0.1, 0.15) is 0 Å². The number of anilines is 1. The van der Waals surface area contributed by atoms with Crippen molar-refractivity contribution in [1.29, 1.82) is 0 Å². The molecule has 1 aliphatic rings. The number of rotatable bonds is 11. The number of thiazole rings is 1. The largest absolute Gasteiger partial charge is 0.356 e. The first-order valence-corrected chi connectivity index (χ1v) is 11.9. The summed E-state index contributed by atoms with van der Waals surface area (Å²) in [5.41, 5.74) is 1.83. The molecule has 3 rings (SSSR count). The lowest BCUT2D eigenvalue weighted by atomic mass is 9.95. The lowest BCUT2D eigenvalue weighted by molar-refractivity contribution is -0.120. The van der Waals surface area contributed by atoms with E-state index in [1.165, 1.54) is 43.4 Å². The Morgan fingerprint density at radius 3 is 2.63 bits per heavy atom. The lowest BCUT2D eigenvalue weighted by Gasteiger charge is -2.22. The van der Waals surface area contributed by atoms with Crippen LogP contribution in [0.1, 0.15) is 56.2 Å². The predicted molar refractivity (Wildman–Crippen MR) is 122 cm³/mol. The first kappa shape index (κ1) is 22.4. The van der Waals surface area contributed by atoms with E-state index < -0.39 is 0 Å². The zero-order valence-electron chi connectivity index (χ0n) is 17.5. The summed E-state index contributed by atoms with van der Waals surface area (Å²) in [5, 5.41) is 11.7. The first-order chi connectivity index (χ1) is 14.7. The van der Waals surface area contributed by atoms with Crippen LogP contribution in [0.4, 0.5) is 5.13 Å². The van der Waals surface area contributed by atoms with Crippen molar-refractivity contribution < 1.29 is 9.59 Å². The Morgan fingerprint density at radius 1 is 1.03 bits per heavy atom. The summed E-state index contributed by atoms with van der Waals surface area (Å²) in [6, 6.07) is 10.6. The molecule has 30 heavy (non-hydrogen) atoms. The monoisotopic (exact) mass is 428 g/mol. The molecule has 1 fully saturated rings. The Kier molecular flexibility index (Phi) is 9.31. The quantitative estimate of drug-likeness (QED) is 0.477. The number of carbonyl (C=O) groups is 2. The molecule has 0 spiro atoms. The molecule has 1 aromatic carbocycles. The fourth-order valence-electron chi connectivity index (χ4n) is 3.69. The summed E-state index contributed by atoms with van der Waals surface area (Å²) in [5.74, 6) is -0.0883. The average Bonchev–Trinajstić information content (AvgIpc) is 3.20. The highest BCUT2D eigenvalue weighted by atomic mass is 32.1. The van der Waals surface area contributed by atoms with Crippen LogP contribution in [0, 0.1) is 0 Å². The van der Waals surface area contributed by atoms with Crippen LogP contribution in [0.3, 0.4) is 0 Å². The van der Waals surface area contributed by atoms with Gasteiger partial charge in [-0.15, -0.1) is 11.3 Å². The minimum absolute atomic E-state index is 0.0279. The van der Waals surface area contributed by atoms with Crippen LogP contribution in [-0.4, -0.2) is 35.9 Å². The molecule has 7 heteroatoms. The van der Waals surface area contributed by atoms with Gasteiger partial charge in [0.05, 0.1) is 12.1 Å². The third kappa shape index (κ3) is 8.24. The highest BCUT2D eigenvalue weighted by molar-refractivity contribution is 7.13. The van der Waals surface area contributed by atoms with E-state index in [9.17, 15) is 9.59 Å². The minimum Gasteiger partial charge on any atom is -0.356 e. The summed E-state index contributed by atoms with van der Waals surface area (Å²) >= 11 is 1.36. The zero-order valence-corrected chi connectivity index (χ0v) is 18.3. The molecule has 0 atom stereocenters. The van der Waals surface area contributed by atoms with Gasteiger partial charge in [0.25, 0.3) is 0 Å². The van der Waals surface area contributed by atoms with Crippen molar-refractivity contribution >= 4 is 28.3 Å².